The van der Waals surface area contributed by atoms with Crippen LogP contribution in [0.5, 0.6) is 0 Å². The summed E-state index contributed by atoms with van der Waals surface area (Å²) in [6.07, 6.45) is -1.55. The Kier molecular flexibility index (Phi) is 12.5. The van der Waals surface area contributed by atoms with Crippen LogP contribution in [-0.4, -0.2) is 81.5 Å². The molecule has 0 fully saturated rings. The number of hydrogen-bond acceptors (Lipinski definition) is 9. The Morgan fingerprint density at radius 1 is 0.800 bits per heavy atom. The third-order valence-electron chi connectivity index (χ3n) is 3.65. The van der Waals surface area contributed by atoms with Gasteiger partial charge in [0.05, 0.1) is 12.5 Å². The van der Waals surface area contributed by atoms with Crippen molar-refractivity contribution >= 4 is 60.8 Å². The molecule has 0 saturated carbocycles. The molecule has 0 aliphatic rings. The van der Waals surface area contributed by atoms with Gasteiger partial charge in [0.25, 0.3) is 0 Å². The molecule has 0 aromatic carbocycles. The third-order valence-corrected chi connectivity index (χ3v) is 4.41. The van der Waals surface area contributed by atoms with Crippen molar-refractivity contribution in [2.75, 3.05) is 11.5 Å². The number of thiol groups is 2. The van der Waals surface area contributed by atoms with Crippen LogP contribution in [0.25, 0.3) is 0 Å². The molecule has 0 aromatic rings. The topological polar surface area (TPSA) is 231 Å². The summed E-state index contributed by atoms with van der Waals surface area (Å²) in [5, 5.41) is 24.6. The average molecular weight is 468 g/mol. The SMILES string of the molecule is NC(=O)CCC(NC(=O)C(CC(=O)O)NC(=O)C(CS)NC(=O)C(N)CS)C(=O)O. The van der Waals surface area contributed by atoms with E-state index in [1.807, 2.05) is 5.32 Å². The van der Waals surface area contributed by atoms with Gasteiger partial charge in [-0.25, -0.2) is 4.79 Å². The lowest BCUT2D eigenvalue weighted by Crippen LogP contribution is -2.58. The molecule has 0 saturated heterocycles. The molecule has 0 radical (unpaired) electrons. The highest BCUT2D eigenvalue weighted by molar-refractivity contribution is 7.80. The fourth-order valence-corrected chi connectivity index (χ4v) is 2.45. The maximum Gasteiger partial charge on any atom is 0.326 e. The highest BCUT2D eigenvalue weighted by atomic mass is 32.1. The minimum Gasteiger partial charge on any atom is -0.481 e. The van der Waals surface area contributed by atoms with Gasteiger partial charge in [-0.05, 0) is 6.42 Å². The van der Waals surface area contributed by atoms with Gasteiger partial charge in [-0.1, -0.05) is 0 Å². The van der Waals surface area contributed by atoms with Crippen molar-refractivity contribution in [1.82, 2.24) is 16.0 Å². The van der Waals surface area contributed by atoms with Crippen LogP contribution in [0.2, 0.25) is 0 Å². The highest BCUT2D eigenvalue weighted by Gasteiger charge is 2.31. The second kappa shape index (κ2) is 13.7. The van der Waals surface area contributed by atoms with Gasteiger partial charge in [0.15, 0.2) is 0 Å². The summed E-state index contributed by atoms with van der Waals surface area (Å²) in [6.45, 7) is 0. The lowest BCUT2D eigenvalue weighted by molar-refractivity contribution is -0.143. The molecule has 4 unspecified atom stereocenters. The molecule has 30 heavy (non-hydrogen) atoms. The van der Waals surface area contributed by atoms with Gasteiger partial charge < -0.3 is 37.6 Å². The number of aliphatic carboxylic acids is 2. The number of nitrogens with one attached hydrogen (secondary N) is 3. The molecule has 0 rings (SSSR count). The lowest BCUT2D eigenvalue weighted by Gasteiger charge is -2.23. The highest BCUT2D eigenvalue weighted by Crippen LogP contribution is 2.02. The molecule has 13 nitrogen and oxygen atoms in total. The average Bonchev–Trinajstić information content (AvgIpc) is 2.66. The van der Waals surface area contributed by atoms with E-state index in [1.54, 1.807) is 0 Å². The first-order valence-corrected chi connectivity index (χ1v) is 9.80. The first kappa shape index (κ1) is 27.5. The number of carboxylic acids is 2. The van der Waals surface area contributed by atoms with Crippen LogP contribution in [0.4, 0.5) is 0 Å². The zero-order valence-corrected chi connectivity index (χ0v) is 17.5. The maximum atomic E-state index is 12.4. The van der Waals surface area contributed by atoms with E-state index in [9.17, 15) is 28.8 Å². The summed E-state index contributed by atoms with van der Waals surface area (Å²) in [7, 11) is 0. The molecule has 4 atom stereocenters. The Morgan fingerprint density at radius 3 is 1.73 bits per heavy atom. The predicted octanol–water partition coefficient (Wildman–Crippen LogP) is -3.55. The Bertz CT molecular complexity index is 677. The molecule has 0 aliphatic carbocycles. The van der Waals surface area contributed by atoms with Crippen molar-refractivity contribution in [3.8, 4) is 0 Å². The molecule has 0 aromatic heterocycles. The molecule has 0 bridgehead atoms. The van der Waals surface area contributed by atoms with Crippen molar-refractivity contribution in [2.24, 2.45) is 11.5 Å². The van der Waals surface area contributed by atoms with E-state index >= 15 is 0 Å². The van der Waals surface area contributed by atoms with Crippen molar-refractivity contribution < 1.29 is 39.0 Å². The number of carbonyl (C=O) groups is 6. The van der Waals surface area contributed by atoms with Gasteiger partial charge in [-0.2, -0.15) is 25.3 Å². The Balaban J connectivity index is 5.27. The molecule has 0 aliphatic heterocycles. The molecule has 4 amide bonds. The second-order valence-electron chi connectivity index (χ2n) is 6.10. The second-order valence-corrected chi connectivity index (χ2v) is 6.83. The van der Waals surface area contributed by atoms with Crippen LogP contribution in [0.1, 0.15) is 19.3 Å². The van der Waals surface area contributed by atoms with Gasteiger partial charge >= 0.3 is 11.9 Å². The van der Waals surface area contributed by atoms with Gasteiger partial charge in [-0.3, -0.25) is 24.0 Å². The summed E-state index contributed by atoms with van der Waals surface area (Å²) in [5.74, 6) is -6.69. The van der Waals surface area contributed by atoms with Gasteiger partial charge in [0.1, 0.15) is 18.1 Å². The van der Waals surface area contributed by atoms with E-state index in [1.165, 1.54) is 0 Å². The minimum absolute atomic E-state index is 0.00132. The first-order valence-electron chi connectivity index (χ1n) is 8.54. The largest absolute Gasteiger partial charge is 0.481 e. The monoisotopic (exact) mass is 467 g/mol. The van der Waals surface area contributed by atoms with Crippen molar-refractivity contribution in [3.05, 3.63) is 0 Å². The zero-order valence-electron chi connectivity index (χ0n) is 15.7. The first-order chi connectivity index (χ1) is 13.9. The van der Waals surface area contributed by atoms with E-state index in [0.717, 1.165) is 0 Å². The van der Waals surface area contributed by atoms with Crippen molar-refractivity contribution in [1.29, 1.82) is 0 Å². The van der Waals surface area contributed by atoms with Gasteiger partial charge in [0, 0.05) is 17.9 Å². The van der Waals surface area contributed by atoms with Crippen LogP contribution in [0, 0.1) is 0 Å². The van der Waals surface area contributed by atoms with Crippen LogP contribution >= 0.6 is 25.3 Å². The Morgan fingerprint density at radius 2 is 1.30 bits per heavy atom. The van der Waals surface area contributed by atoms with Crippen molar-refractivity contribution in [3.63, 3.8) is 0 Å². The summed E-state index contributed by atoms with van der Waals surface area (Å²) in [6, 6.07) is -5.46. The van der Waals surface area contributed by atoms with E-state index < -0.39 is 66.2 Å². The predicted molar refractivity (Wildman–Crippen MR) is 110 cm³/mol. The zero-order chi connectivity index (χ0) is 23.4. The number of rotatable bonds is 14. The van der Waals surface area contributed by atoms with E-state index in [4.69, 9.17) is 21.7 Å². The van der Waals surface area contributed by atoms with Crippen LogP contribution in [0.3, 0.4) is 0 Å². The number of hydrogen-bond donors (Lipinski definition) is 9. The Hall–Kier alpha value is -2.52. The standard InChI is InChI=1S/C15H25N5O8S2/c16-6(4-29)12(24)20-9(5-30)14(26)19-8(3-11(22)23)13(25)18-7(15(27)28)1-2-10(17)21/h6-9,29-30H,1-5,16H2,(H2,17,21)(H,18,25)(H,19,26)(H,20,24)(H,22,23)(H,27,28). The molecular formula is C15H25N5O8S2. The molecular weight excluding hydrogens is 442 g/mol. The number of primary amides is 1. The molecule has 9 N–H and O–H groups in total. The number of nitrogens with two attached hydrogens (primary N) is 2. The quantitative estimate of drug-likeness (QED) is 0.115. The maximum absolute atomic E-state index is 12.4. The summed E-state index contributed by atoms with van der Waals surface area (Å²) in [4.78, 5) is 69.7. The van der Waals surface area contributed by atoms with E-state index in [-0.39, 0.29) is 24.3 Å². The van der Waals surface area contributed by atoms with Crippen LogP contribution in [-0.2, 0) is 28.8 Å². The van der Waals surface area contributed by atoms with Gasteiger partial charge in [0.2, 0.25) is 23.6 Å². The van der Waals surface area contributed by atoms with Gasteiger partial charge in [-0.15, -0.1) is 0 Å². The summed E-state index contributed by atoms with van der Waals surface area (Å²) < 4.78 is 0. The molecule has 15 heteroatoms. The smallest absolute Gasteiger partial charge is 0.326 e. The third kappa shape index (κ3) is 10.3. The van der Waals surface area contributed by atoms with Crippen LogP contribution < -0.4 is 27.4 Å². The lowest BCUT2D eigenvalue weighted by atomic mass is 10.1. The Labute approximate surface area is 182 Å². The minimum atomic E-state index is -1.66. The van der Waals surface area contributed by atoms with E-state index in [0.29, 0.717) is 0 Å². The van der Waals surface area contributed by atoms with Crippen molar-refractivity contribution in [2.45, 2.75) is 43.4 Å². The number of carbonyl (C=O) groups excluding carboxylic acids is 4. The normalized spacial score (nSPS) is 14.5. The number of amides is 4. The summed E-state index contributed by atoms with van der Waals surface area (Å²) >= 11 is 7.78. The molecule has 0 spiro atoms. The molecule has 170 valence electrons. The molecule has 0 heterocycles. The summed E-state index contributed by atoms with van der Waals surface area (Å²) in [5.41, 5.74) is 10.4. The van der Waals surface area contributed by atoms with Crippen LogP contribution in [0.15, 0.2) is 0 Å². The van der Waals surface area contributed by atoms with E-state index in [2.05, 4.69) is 35.9 Å². The fourth-order valence-electron chi connectivity index (χ4n) is 2.03. The number of carboxylic acid groups (broad SMARTS) is 2. The fraction of sp³-hybridized carbons (Fsp3) is 0.600.